The fourth-order valence-electron chi connectivity index (χ4n) is 3.20. The minimum Gasteiger partial charge on any atom is -0.511 e. The number of rotatable bonds is 0. The van der Waals surface area contributed by atoms with Crippen LogP contribution in [0.2, 0.25) is 0 Å². The summed E-state index contributed by atoms with van der Waals surface area (Å²) in [6.45, 7) is 3.74. The molecule has 3 N–H and O–H groups in total. The highest BCUT2D eigenvalue weighted by Crippen LogP contribution is 2.47. The summed E-state index contributed by atoms with van der Waals surface area (Å²) in [7, 11) is 0. The number of allylic oxidation sites excluding steroid dienone is 1. The number of phenolic OH excluding ortho intramolecular Hbond substituents is 2. The highest BCUT2D eigenvalue weighted by atomic mass is 16.5. The summed E-state index contributed by atoms with van der Waals surface area (Å²) in [6, 6.07) is 2.59. The molecule has 6 nitrogen and oxygen atoms in total. The van der Waals surface area contributed by atoms with E-state index in [1.165, 1.54) is 12.1 Å². The zero-order valence-corrected chi connectivity index (χ0v) is 13.1. The van der Waals surface area contributed by atoms with Crippen LogP contribution in [0, 0.1) is 5.92 Å². The largest absolute Gasteiger partial charge is 0.511 e. The minimum absolute atomic E-state index is 0.0834. The van der Waals surface area contributed by atoms with Crippen molar-refractivity contribution in [3.8, 4) is 17.2 Å². The Kier molecular flexibility index (Phi) is 2.79. The molecule has 0 aromatic heterocycles. The molecule has 1 aromatic carbocycles. The van der Waals surface area contributed by atoms with Gasteiger partial charge in [-0.15, -0.1) is 0 Å². The van der Waals surface area contributed by atoms with Gasteiger partial charge in [0.2, 0.25) is 5.75 Å². The monoisotopic (exact) mass is 328 g/mol. The molecule has 1 aliphatic carbocycles. The molecule has 2 aliphatic heterocycles. The van der Waals surface area contributed by atoms with Gasteiger partial charge < -0.3 is 24.8 Å². The van der Waals surface area contributed by atoms with Crippen LogP contribution in [0.3, 0.4) is 0 Å². The van der Waals surface area contributed by atoms with E-state index in [1.807, 2.05) is 19.9 Å². The predicted octanol–water partition coefficient (Wildman–Crippen LogP) is 2.73. The highest BCUT2D eigenvalue weighted by molar-refractivity contribution is 6.04. The third-order valence-corrected chi connectivity index (χ3v) is 4.42. The number of ketones is 1. The number of fused-ring (bicyclic) bond motifs is 3. The van der Waals surface area contributed by atoms with Gasteiger partial charge in [-0.2, -0.15) is 0 Å². The number of aliphatic hydroxyl groups excluding tert-OH is 1. The van der Waals surface area contributed by atoms with E-state index in [2.05, 4.69) is 0 Å². The van der Waals surface area contributed by atoms with Crippen LogP contribution in [0.5, 0.6) is 17.2 Å². The number of aliphatic hydroxyl groups is 1. The van der Waals surface area contributed by atoms with E-state index in [0.29, 0.717) is 11.3 Å². The average Bonchev–Trinajstić information content (AvgIpc) is 2.50. The van der Waals surface area contributed by atoms with Gasteiger partial charge in [-0.1, -0.05) is 0 Å². The number of carbonyl (C=O) groups is 1. The maximum Gasteiger partial charge on any atom is 0.201 e. The quantitative estimate of drug-likeness (QED) is 0.634. The normalized spacial score (nSPS) is 26.6. The van der Waals surface area contributed by atoms with Gasteiger partial charge in [0.15, 0.2) is 17.3 Å². The summed E-state index contributed by atoms with van der Waals surface area (Å²) in [6.07, 6.45) is 4.34. The summed E-state index contributed by atoms with van der Waals surface area (Å²) in [5, 5.41) is 30.2. The van der Waals surface area contributed by atoms with Gasteiger partial charge in [-0.3, -0.25) is 4.79 Å². The van der Waals surface area contributed by atoms with Crippen molar-refractivity contribution in [3.63, 3.8) is 0 Å². The number of hydrogen-bond acceptors (Lipinski definition) is 6. The molecule has 0 radical (unpaired) electrons. The second-order valence-corrected chi connectivity index (χ2v) is 6.60. The lowest BCUT2D eigenvalue weighted by Gasteiger charge is -2.38. The zero-order valence-electron chi connectivity index (χ0n) is 13.1. The third kappa shape index (κ3) is 1.92. The van der Waals surface area contributed by atoms with E-state index in [-0.39, 0.29) is 28.6 Å². The maximum atomic E-state index is 12.8. The van der Waals surface area contributed by atoms with Crippen molar-refractivity contribution in [1.29, 1.82) is 0 Å². The van der Waals surface area contributed by atoms with Crippen molar-refractivity contribution in [2.75, 3.05) is 0 Å². The molecule has 0 saturated carbocycles. The van der Waals surface area contributed by atoms with Gasteiger partial charge in [0, 0.05) is 6.08 Å². The van der Waals surface area contributed by atoms with Crippen molar-refractivity contribution in [2.45, 2.75) is 25.6 Å². The summed E-state index contributed by atoms with van der Waals surface area (Å²) in [5.41, 5.74) is 0.0370. The molecule has 0 amide bonds. The highest BCUT2D eigenvalue weighted by Gasteiger charge is 2.45. The molecule has 6 heteroatoms. The molecule has 24 heavy (non-hydrogen) atoms. The smallest absolute Gasteiger partial charge is 0.201 e. The second-order valence-electron chi connectivity index (χ2n) is 6.60. The standard InChI is InChI=1S/C18H16O6/c1-18(2)6-5-8-11(24-18)7-12-13(14(8)20)15(21)9-3-4-10(19)16(22)17(9)23-12/h3-7,12-13,19-20,22H,1-2H3/t12-,13+/m1/s1. The number of benzene rings is 1. The number of phenols is 2. The first kappa shape index (κ1) is 14.7. The third-order valence-electron chi connectivity index (χ3n) is 4.42. The lowest BCUT2D eigenvalue weighted by atomic mass is 9.81. The number of hydrogen-bond donors (Lipinski definition) is 3. The molecular weight excluding hydrogens is 312 g/mol. The predicted molar refractivity (Wildman–Crippen MR) is 84.0 cm³/mol. The fourth-order valence-corrected chi connectivity index (χ4v) is 3.20. The summed E-state index contributed by atoms with van der Waals surface area (Å²) >= 11 is 0. The number of Topliss-reactive ketones (excluding diaryl/α,β-unsaturated/α-hetero) is 1. The summed E-state index contributed by atoms with van der Waals surface area (Å²) in [5.74, 6) is -1.92. The van der Waals surface area contributed by atoms with E-state index in [4.69, 9.17) is 9.47 Å². The molecule has 0 fully saturated rings. The van der Waals surface area contributed by atoms with E-state index < -0.39 is 23.4 Å². The molecule has 3 aliphatic rings. The average molecular weight is 328 g/mol. The summed E-state index contributed by atoms with van der Waals surface area (Å²) in [4.78, 5) is 12.8. The lowest BCUT2D eigenvalue weighted by molar-refractivity contribution is 0.0554. The van der Waals surface area contributed by atoms with E-state index >= 15 is 0 Å². The molecule has 0 spiro atoms. The SMILES string of the molecule is CC1(C)C=CC2=C(O)[C@H]3C(=O)c4ccc(O)c(O)c4O[C@@H]3C=C2O1. The molecule has 2 heterocycles. The molecule has 124 valence electrons. The Balaban J connectivity index is 1.86. The Morgan fingerprint density at radius 2 is 1.92 bits per heavy atom. The van der Waals surface area contributed by atoms with Crippen molar-refractivity contribution < 1.29 is 29.6 Å². The van der Waals surface area contributed by atoms with Gasteiger partial charge in [-0.25, -0.2) is 0 Å². The van der Waals surface area contributed by atoms with Gasteiger partial charge in [-0.05, 0) is 38.1 Å². The Labute approximate surface area is 137 Å². The van der Waals surface area contributed by atoms with Gasteiger partial charge >= 0.3 is 0 Å². The molecule has 2 atom stereocenters. The molecule has 0 saturated heterocycles. The van der Waals surface area contributed by atoms with E-state index in [9.17, 15) is 20.1 Å². The Bertz CT molecular complexity index is 859. The van der Waals surface area contributed by atoms with Crippen molar-refractivity contribution in [3.05, 3.63) is 53.0 Å². The van der Waals surface area contributed by atoms with Crippen LogP contribution < -0.4 is 4.74 Å². The van der Waals surface area contributed by atoms with Crippen LogP contribution in [0.15, 0.2) is 47.5 Å². The van der Waals surface area contributed by atoms with Gasteiger partial charge in [0.05, 0.1) is 11.1 Å². The number of aromatic hydroxyl groups is 2. The molecule has 4 rings (SSSR count). The van der Waals surface area contributed by atoms with Crippen molar-refractivity contribution in [1.82, 2.24) is 0 Å². The van der Waals surface area contributed by atoms with Crippen LogP contribution in [-0.4, -0.2) is 32.8 Å². The Morgan fingerprint density at radius 3 is 2.67 bits per heavy atom. The number of carbonyl (C=O) groups excluding carboxylic acids is 1. The second kappa shape index (κ2) is 4.56. The zero-order chi connectivity index (χ0) is 17.2. The Morgan fingerprint density at radius 1 is 1.17 bits per heavy atom. The first-order valence-corrected chi connectivity index (χ1v) is 7.58. The van der Waals surface area contributed by atoms with Gasteiger partial charge in [0.1, 0.15) is 29.1 Å². The fraction of sp³-hybridized carbons (Fsp3) is 0.278. The first-order chi connectivity index (χ1) is 11.3. The van der Waals surface area contributed by atoms with Crippen LogP contribution in [-0.2, 0) is 4.74 Å². The van der Waals surface area contributed by atoms with Crippen LogP contribution >= 0.6 is 0 Å². The summed E-state index contributed by atoms with van der Waals surface area (Å²) < 4.78 is 11.5. The molecule has 1 aromatic rings. The van der Waals surface area contributed by atoms with Crippen LogP contribution in [0.4, 0.5) is 0 Å². The first-order valence-electron chi connectivity index (χ1n) is 7.58. The van der Waals surface area contributed by atoms with Crippen molar-refractivity contribution >= 4 is 5.78 Å². The van der Waals surface area contributed by atoms with Crippen molar-refractivity contribution in [2.24, 2.45) is 5.92 Å². The van der Waals surface area contributed by atoms with Crippen LogP contribution in [0.1, 0.15) is 24.2 Å². The molecule has 0 bridgehead atoms. The van der Waals surface area contributed by atoms with E-state index in [1.54, 1.807) is 12.2 Å². The topological polar surface area (TPSA) is 96.2 Å². The molecule has 0 unspecified atom stereocenters. The van der Waals surface area contributed by atoms with Gasteiger partial charge in [0.25, 0.3) is 0 Å². The molecular formula is C18H16O6. The Hall–Kier alpha value is -2.89. The lowest BCUT2D eigenvalue weighted by Crippen LogP contribution is -2.41. The van der Waals surface area contributed by atoms with E-state index in [0.717, 1.165) is 0 Å². The van der Waals surface area contributed by atoms with Crippen LogP contribution in [0.25, 0.3) is 0 Å². The minimum atomic E-state index is -0.908. The maximum absolute atomic E-state index is 12.8. The number of ether oxygens (including phenoxy) is 2.